The number of nitrogens with zero attached hydrogens (tertiary/aromatic N) is 3. The summed E-state index contributed by atoms with van der Waals surface area (Å²) < 4.78 is 6.16. The Hall–Kier alpha value is -6.39. The smallest absolute Gasteiger partial charge is 0.164 e. The van der Waals surface area contributed by atoms with Crippen molar-refractivity contribution in [3.05, 3.63) is 164 Å². The van der Waals surface area contributed by atoms with Crippen LogP contribution >= 0.6 is 0 Å². The molecule has 0 N–H and O–H groups in total. The van der Waals surface area contributed by atoms with Crippen molar-refractivity contribution in [1.29, 1.82) is 0 Å². The van der Waals surface area contributed by atoms with Crippen LogP contribution in [0.15, 0.2) is 168 Å². The molecule has 0 aliphatic rings. The van der Waals surface area contributed by atoms with E-state index in [4.69, 9.17) is 19.4 Å². The van der Waals surface area contributed by atoms with Crippen molar-refractivity contribution in [2.75, 3.05) is 0 Å². The van der Waals surface area contributed by atoms with Gasteiger partial charge in [-0.3, -0.25) is 0 Å². The van der Waals surface area contributed by atoms with E-state index in [1.54, 1.807) is 0 Å². The second-order valence-electron chi connectivity index (χ2n) is 11.6. The summed E-state index contributed by atoms with van der Waals surface area (Å²) in [4.78, 5) is 15.0. The first-order chi connectivity index (χ1) is 23.3. The molecule has 4 nitrogen and oxygen atoms in total. The molecular formula is C43H27N3O. The van der Waals surface area contributed by atoms with Gasteiger partial charge in [0.15, 0.2) is 17.5 Å². The van der Waals surface area contributed by atoms with E-state index in [9.17, 15) is 0 Å². The number of aromatic nitrogens is 3. The number of benzene rings is 7. The summed E-state index contributed by atoms with van der Waals surface area (Å²) in [7, 11) is 0. The number of hydrogen-bond donors (Lipinski definition) is 0. The Balaban J connectivity index is 1.21. The van der Waals surface area contributed by atoms with Gasteiger partial charge in [-0.2, -0.15) is 0 Å². The van der Waals surface area contributed by atoms with Crippen molar-refractivity contribution in [2.45, 2.75) is 0 Å². The van der Waals surface area contributed by atoms with Crippen molar-refractivity contribution in [1.82, 2.24) is 15.0 Å². The average molecular weight is 602 g/mol. The van der Waals surface area contributed by atoms with Crippen LogP contribution in [0, 0.1) is 0 Å². The maximum atomic E-state index is 6.16. The number of fused-ring (bicyclic) bond motifs is 5. The fraction of sp³-hybridized carbons (Fsp3) is 0. The van der Waals surface area contributed by atoms with Gasteiger partial charge in [0, 0.05) is 27.5 Å². The first-order valence-electron chi connectivity index (χ1n) is 15.7. The standard InChI is InChI=1S/C43H27N3O/c1-3-13-28(14-4-1)41-44-42(29-15-5-2-6-16-29)46-43(45-41)36-20-10-9-19-35(36)34-18-8-7-17-32(34)30-23-25-33-31(27-30)24-26-39-40(33)37-21-11-12-22-38(37)47-39/h1-27H. The molecule has 0 bridgehead atoms. The molecule has 0 aliphatic heterocycles. The van der Waals surface area contributed by atoms with E-state index >= 15 is 0 Å². The molecule has 2 aromatic heterocycles. The Morgan fingerprint density at radius 3 is 1.60 bits per heavy atom. The Labute approximate surface area is 271 Å². The molecule has 0 radical (unpaired) electrons. The zero-order valence-electron chi connectivity index (χ0n) is 25.3. The quantitative estimate of drug-likeness (QED) is 0.197. The highest BCUT2D eigenvalue weighted by Gasteiger charge is 2.18. The normalized spacial score (nSPS) is 11.4. The summed E-state index contributed by atoms with van der Waals surface area (Å²) in [6.45, 7) is 0. The van der Waals surface area contributed by atoms with Crippen LogP contribution in [0.25, 0.3) is 89.1 Å². The minimum atomic E-state index is 0.635. The van der Waals surface area contributed by atoms with Crippen molar-refractivity contribution in [2.24, 2.45) is 0 Å². The molecule has 9 rings (SSSR count). The number of rotatable bonds is 5. The van der Waals surface area contributed by atoms with E-state index in [0.29, 0.717) is 17.5 Å². The maximum Gasteiger partial charge on any atom is 0.164 e. The lowest BCUT2D eigenvalue weighted by Gasteiger charge is -2.15. The van der Waals surface area contributed by atoms with Crippen LogP contribution in [0.2, 0.25) is 0 Å². The minimum absolute atomic E-state index is 0.635. The maximum absolute atomic E-state index is 6.16. The van der Waals surface area contributed by atoms with Crippen LogP contribution < -0.4 is 0 Å². The molecule has 0 saturated carbocycles. The van der Waals surface area contributed by atoms with E-state index in [2.05, 4.69) is 84.9 Å². The van der Waals surface area contributed by atoms with E-state index in [1.165, 1.54) is 10.8 Å². The third kappa shape index (κ3) is 4.75. The first-order valence-corrected chi connectivity index (χ1v) is 15.7. The molecule has 0 saturated heterocycles. The first kappa shape index (κ1) is 27.0. The Kier molecular flexibility index (Phi) is 6.43. The van der Waals surface area contributed by atoms with E-state index in [-0.39, 0.29) is 0 Å². The molecule has 4 heteroatoms. The summed E-state index contributed by atoms with van der Waals surface area (Å²) >= 11 is 0. The fourth-order valence-corrected chi connectivity index (χ4v) is 6.53. The molecule has 0 unspecified atom stereocenters. The van der Waals surface area contributed by atoms with Gasteiger partial charge in [-0.1, -0.05) is 146 Å². The lowest BCUT2D eigenvalue weighted by Crippen LogP contribution is -2.01. The predicted molar refractivity (Wildman–Crippen MR) is 192 cm³/mol. The van der Waals surface area contributed by atoms with Crippen LogP contribution in [0.5, 0.6) is 0 Å². The monoisotopic (exact) mass is 601 g/mol. The summed E-state index contributed by atoms with van der Waals surface area (Å²) in [5.74, 6) is 1.92. The molecule has 7 aromatic carbocycles. The fourth-order valence-electron chi connectivity index (χ4n) is 6.53. The molecule has 220 valence electrons. The Morgan fingerprint density at radius 2 is 0.894 bits per heavy atom. The van der Waals surface area contributed by atoms with Crippen molar-refractivity contribution >= 4 is 32.7 Å². The third-order valence-corrected chi connectivity index (χ3v) is 8.75. The van der Waals surface area contributed by atoms with E-state index < -0.39 is 0 Å². The topological polar surface area (TPSA) is 51.8 Å². The van der Waals surface area contributed by atoms with Gasteiger partial charge in [0.25, 0.3) is 0 Å². The van der Waals surface area contributed by atoms with Crippen LogP contribution in [0.4, 0.5) is 0 Å². The number of para-hydroxylation sites is 1. The Morgan fingerprint density at radius 1 is 0.340 bits per heavy atom. The minimum Gasteiger partial charge on any atom is -0.456 e. The lowest BCUT2D eigenvalue weighted by molar-refractivity contribution is 0.669. The predicted octanol–water partition coefficient (Wildman–Crippen LogP) is 11.3. The van der Waals surface area contributed by atoms with Gasteiger partial charge in [-0.15, -0.1) is 0 Å². The number of hydrogen-bond acceptors (Lipinski definition) is 4. The van der Waals surface area contributed by atoms with Crippen molar-refractivity contribution in [3.8, 4) is 56.4 Å². The van der Waals surface area contributed by atoms with Crippen molar-refractivity contribution in [3.63, 3.8) is 0 Å². The lowest BCUT2D eigenvalue weighted by atomic mass is 9.90. The van der Waals surface area contributed by atoms with Gasteiger partial charge in [-0.05, 0) is 51.2 Å². The number of furan rings is 1. The van der Waals surface area contributed by atoms with Crippen LogP contribution in [-0.2, 0) is 0 Å². The molecular weight excluding hydrogens is 574 g/mol. The molecule has 0 aliphatic carbocycles. The van der Waals surface area contributed by atoms with Gasteiger partial charge in [0.05, 0.1) is 0 Å². The molecule has 0 amide bonds. The highest BCUT2D eigenvalue weighted by atomic mass is 16.3. The molecule has 0 atom stereocenters. The molecule has 0 spiro atoms. The average Bonchev–Trinajstić information content (AvgIpc) is 3.54. The van der Waals surface area contributed by atoms with E-state index in [0.717, 1.165) is 60.9 Å². The summed E-state index contributed by atoms with van der Waals surface area (Å²) in [6.07, 6.45) is 0. The summed E-state index contributed by atoms with van der Waals surface area (Å²) in [6, 6.07) is 56.3. The third-order valence-electron chi connectivity index (χ3n) is 8.75. The summed E-state index contributed by atoms with van der Waals surface area (Å²) in [5, 5.41) is 4.64. The summed E-state index contributed by atoms with van der Waals surface area (Å²) in [5.41, 5.74) is 9.10. The zero-order chi connectivity index (χ0) is 31.2. The van der Waals surface area contributed by atoms with Gasteiger partial charge in [0.1, 0.15) is 11.2 Å². The van der Waals surface area contributed by atoms with Gasteiger partial charge < -0.3 is 4.42 Å². The second kappa shape index (κ2) is 11.2. The van der Waals surface area contributed by atoms with Crippen LogP contribution in [0.1, 0.15) is 0 Å². The molecule has 0 fully saturated rings. The molecule has 47 heavy (non-hydrogen) atoms. The van der Waals surface area contributed by atoms with Crippen LogP contribution in [0.3, 0.4) is 0 Å². The van der Waals surface area contributed by atoms with E-state index in [1.807, 2.05) is 78.9 Å². The van der Waals surface area contributed by atoms with Gasteiger partial charge in [0.2, 0.25) is 0 Å². The Bertz CT molecular complexity index is 2510. The highest BCUT2D eigenvalue weighted by Crippen LogP contribution is 2.40. The molecule has 2 heterocycles. The largest absolute Gasteiger partial charge is 0.456 e. The second-order valence-corrected chi connectivity index (χ2v) is 11.6. The van der Waals surface area contributed by atoms with Crippen LogP contribution in [-0.4, -0.2) is 15.0 Å². The van der Waals surface area contributed by atoms with Gasteiger partial charge >= 0.3 is 0 Å². The van der Waals surface area contributed by atoms with Gasteiger partial charge in [-0.25, -0.2) is 15.0 Å². The highest BCUT2D eigenvalue weighted by molar-refractivity contribution is 6.19. The van der Waals surface area contributed by atoms with Crippen molar-refractivity contribution < 1.29 is 4.42 Å². The SMILES string of the molecule is c1ccc(-c2nc(-c3ccccc3)nc(-c3ccccc3-c3ccccc3-c3ccc4c(ccc5oc6ccccc6c54)c3)n2)cc1. The molecule has 9 aromatic rings. The zero-order valence-corrected chi connectivity index (χ0v) is 25.3.